The number of para-hydroxylation sites is 5. The third kappa shape index (κ3) is 5.73. The largest absolute Gasteiger partial charge is 0.309 e. The van der Waals surface area contributed by atoms with Gasteiger partial charge in [-0.2, -0.15) is 0 Å². The third-order valence-corrected chi connectivity index (χ3v) is 15.4. The van der Waals surface area contributed by atoms with Gasteiger partial charge in [0.25, 0.3) is 0 Å². The van der Waals surface area contributed by atoms with Gasteiger partial charge in [-0.1, -0.05) is 182 Å². The highest BCUT2D eigenvalue weighted by molar-refractivity contribution is 6.21. The first-order chi connectivity index (χ1) is 36.2. The molecule has 0 aliphatic heterocycles. The zero-order chi connectivity index (χ0) is 47.7. The van der Waals surface area contributed by atoms with Crippen molar-refractivity contribution >= 4 is 109 Å². The van der Waals surface area contributed by atoms with E-state index in [0.29, 0.717) is 5.82 Å². The molecule has 0 fully saturated rings. The van der Waals surface area contributed by atoms with Crippen LogP contribution in [0.5, 0.6) is 0 Å². The summed E-state index contributed by atoms with van der Waals surface area (Å²) in [5, 5.41) is 15.4. The molecule has 0 atom stereocenters. The minimum atomic E-state index is 0.699. The first-order valence-corrected chi connectivity index (χ1v) is 25.0. The van der Waals surface area contributed by atoms with Gasteiger partial charge in [-0.15, -0.1) is 0 Å². The van der Waals surface area contributed by atoms with Crippen LogP contribution in [0, 0.1) is 0 Å². The quantitative estimate of drug-likeness (QED) is 0.173. The lowest BCUT2D eigenvalue weighted by Crippen LogP contribution is -1.99. The molecule has 0 radical (unpaired) electrons. The van der Waals surface area contributed by atoms with Crippen LogP contribution in [0.4, 0.5) is 0 Å². The van der Waals surface area contributed by atoms with Crippen LogP contribution in [0.3, 0.4) is 0 Å². The fourth-order valence-corrected chi connectivity index (χ4v) is 12.3. The fourth-order valence-electron chi connectivity index (χ4n) is 12.3. The molecule has 338 valence electrons. The Hall–Kier alpha value is -9.84. The Morgan fingerprint density at radius 2 is 0.877 bits per heavy atom. The van der Waals surface area contributed by atoms with E-state index in [4.69, 9.17) is 9.97 Å². The van der Waals surface area contributed by atoms with E-state index in [1.807, 2.05) is 0 Å². The molecule has 0 saturated heterocycles. The van der Waals surface area contributed by atoms with Crippen LogP contribution in [0.25, 0.3) is 148 Å². The number of fused-ring (bicyclic) bond motifs is 14. The van der Waals surface area contributed by atoms with Gasteiger partial charge in [0.1, 0.15) is 0 Å². The standard InChI is InChI=1S/C68H41N5/c1-2-20-44(21-3-1)71-60-33-15-11-28-53(60)65-54(29-17-35-63(65)71)68-69-57-30-12-8-27-52(57)66(70-68)50-38-39-62(47-24-7-6-23-46(47)50)72-58-31-13-10-26-49(58)56-40-43-19-16-34-61(55(43)41-64(56)72)73-59-32-14-9-25-48(59)51-37-36-42-18-4-5-22-45(42)67(51)73/h1-41H. The second kappa shape index (κ2) is 15.3. The monoisotopic (exact) mass is 927 g/mol. The van der Waals surface area contributed by atoms with Crippen LogP contribution >= 0.6 is 0 Å². The molecule has 0 N–H and O–H groups in total. The maximum atomic E-state index is 5.62. The lowest BCUT2D eigenvalue weighted by Gasteiger charge is -2.17. The van der Waals surface area contributed by atoms with E-state index in [-0.39, 0.29) is 0 Å². The highest BCUT2D eigenvalue weighted by Crippen LogP contribution is 2.44. The van der Waals surface area contributed by atoms with Crippen molar-refractivity contribution in [1.82, 2.24) is 23.7 Å². The zero-order valence-electron chi connectivity index (χ0n) is 39.4. The van der Waals surface area contributed by atoms with E-state index in [2.05, 4.69) is 262 Å². The van der Waals surface area contributed by atoms with Crippen molar-refractivity contribution in [2.45, 2.75) is 0 Å². The van der Waals surface area contributed by atoms with Crippen molar-refractivity contribution in [2.24, 2.45) is 0 Å². The Morgan fingerprint density at radius 3 is 1.70 bits per heavy atom. The van der Waals surface area contributed by atoms with E-state index >= 15 is 0 Å². The molecular formula is C68H41N5. The van der Waals surface area contributed by atoms with E-state index in [1.54, 1.807) is 0 Å². The maximum absolute atomic E-state index is 5.62. The van der Waals surface area contributed by atoms with E-state index in [0.717, 1.165) is 83.0 Å². The number of hydrogen-bond donors (Lipinski definition) is 0. The second-order valence-corrected chi connectivity index (χ2v) is 19.2. The number of rotatable bonds is 5. The maximum Gasteiger partial charge on any atom is 0.161 e. The number of nitrogens with zero attached hydrogens (tertiary/aromatic N) is 5. The van der Waals surface area contributed by atoms with Crippen LogP contribution in [-0.2, 0) is 0 Å². The topological polar surface area (TPSA) is 40.6 Å². The van der Waals surface area contributed by atoms with Crippen molar-refractivity contribution in [1.29, 1.82) is 0 Å². The van der Waals surface area contributed by atoms with Crippen LogP contribution < -0.4 is 0 Å². The molecule has 0 amide bonds. The van der Waals surface area contributed by atoms with Gasteiger partial charge in [0.15, 0.2) is 5.82 Å². The highest BCUT2D eigenvalue weighted by Gasteiger charge is 2.23. The van der Waals surface area contributed by atoms with Gasteiger partial charge in [-0.3, -0.25) is 0 Å². The summed E-state index contributed by atoms with van der Waals surface area (Å²) in [5.74, 6) is 0.699. The summed E-state index contributed by atoms with van der Waals surface area (Å²) in [4.78, 5) is 11.0. The molecule has 4 heterocycles. The molecule has 0 bridgehead atoms. The SMILES string of the molecule is c1ccc(-n2c3ccccc3c3c(-c4nc(-c5ccc(-n6c7ccccc7c7cc8cccc(-n9c%10ccccc%10c%10ccc%11ccccc%11c%109)c8cc76)c6ccccc56)c5ccccc5n4)cccc32)cc1. The normalized spacial score (nSPS) is 12.1. The summed E-state index contributed by atoms with van der Waals surface area (Å²) in [6.45, 7) is 0. The van der Waals surface area contributed by atoms with Gasteiger partial charge in [-0.25, -0.2) is 9.97 Å². The molecule has 0 aliphatic rings. The summed E-state index contributed by atoms with van der Waals surface area (Å²) in [5.41, 5.74) is 14.3. The molecule has 5 heteroatoms. The minimum absolute atomic E-state index is 0.699. The molecular weight excluding hydrogens is 887 g/mol. The Balaban J connectivity index is 0.936. The lowest BCUT2D eigenvalue weighted by molar-refractivity contribution is 1.18. The molecule has 5 nitrogen and oxygen atoms in total. The molecule has 4 aromatic heterocycles. The van der Waals surface area contributed by atoms with Gasteiger partial charge in [0.2, 0.25) is 0 Å². The summed E-state index contributed by atoms with van der Waals surface area (Å²) in [6.07, 6.45) is 0. The predicted octanol–water partition coefficient (Wildman–Crippen LogP) is 17.7. The summed E-state index contributed by atoms with van der Waals surface area (Å²) >= 11 is 0. The van der Waals surface area contributed by atoms with E-state index in [9.17, 15) is 0 Å². The predicted molar refractivity (Wildman–Crippen MR) is 306 cm³/mol. The average Bonchev–Trinajstić information content (AvgIpc) is 4.10. The van der Waals surface area contributed by atoms with Crippen molar-refractivity contribution < 1.29 is 0 Å². The molecule has 0 saturated carbocycles. The Kier molecular flexibility index (Phi) is 8.39. The van der Waals surface area contributed by atoms with E-state index in [1.165, 1.54) is 59.5 Å². The lowest BCUT2D eigenvalue weighted by atomic mass is 9.97. The smallest absolute Gasteiger partial charge is 0.161 e. The molecule has 73 heavy (non-hydrogen) atoms. The van der Waals surface area contributed by atoms with Gasteiger partial charge in [0.05, 0.1) is 55.7 Å². The van der Waals surface area contributed by atoms with Crippen LogP contribution in [-0.4, -0.2) is 23.7 Å². The summed E-state index contributed by atoms with van der Waals surface area (Å²) < 4.78 is 7.34. The third-order valence-electron chi connectivity index (χ3n) is 15.4. The van der Waals surface area contributed by atoms with Gasteiger partial charge in [0, 0.05) is 70.7 Å². The van der Waals surface area contributed by atoms with Gasteiger partial charge in [-0.05, 0) is 82.9 Å². The minimum Gasteiger partial charge on any atom is -0.309 e. The number of aromatic nitrogens is 5. The summed E-state index contributed by atoms with van der Waals surface area (Å²) in [7, 11) is 0. The molecule has 0 unspecified atom stereocenters. The van der Waals surface area contributed by atoms with Crippen molar-refractivity contribution in [2.75, 3.05) is 0 Å². The highest BCUT2D eigenvalue weighted by atomic mass is 15.0. The molecule has 16 rings (SSSR count). The summed E-state index contributed by atoms with van der Waals surface area (Å²) in [6, 6.07) is 90.3. The molecule has 12 aromatic carbocycles. The van der Waals surface area contributed by atoms with Crippen molar-refractivity contribution in [3.05, 3.63) is 249 Å². The molecule has 0 spiro atoms. The first kappa shape index (κ1) is 39.9. The second-order valence-electron chi connectivity index (χ2n) is 19.2. The zero-order valence-corrected chi connectivity index (χ0v) is 39.4. The van der Waals surface area contributed by atoms with Gasteiger partial charge < -0.3 is 13.7 Å². The average molecular weight is 928 g/mol. The van der Waals surface area contributed by atoms with Crippen LogP contribution in [0.1, 0.15) is 0 Å². The van der Waals surface area contributed by atoms with Gasteiger partial charge >= 0.3 is 0 Å². The van der Waals surface area contributed by atoms with E-state index < -0.39 is 0 Å². The Labute approximate surface area is 418 Å². The first-order valence-electron chi connectivity index (χ1n) is 25.0. The fraction of sp³-hybridized carbons (Fsp3) is 0. The number of benzene rings is 12. The Bertz CT molecular complexity index is 4980. The van der Waals surface area contributed by atoms with Crippen LogP contribution in [0.15, 0.2) is 249 Å². The Morgan fingerprint density at radius 1 is 0.274 bits per heavy atom. The van der Waals surface area contributed by atoms with Crippen molar-refractivity contribution in [3.63, 3.8) is 0 Å². The van der Waals surface area contributed by atoms with Crippen LogP contribution in [0.2, 0.25) is 0 Å². The number of hydrogen-bond acceptors (Lipinski definition) is 2. The molecule has 16 aromatic rings. The van der Waals surface area contributed by atoms with Crippen molar-refractivity contribution in [3.8, 4) is 39.7 Å². The molecule has 0 aliphatic carbocycles.